The van der Waals surface area contributed by atoms with E-state index in [2.05, 4.69) is 15.0 Å². The first-order chi connectivity index (χ1) is 18.2. The topological polar surface area (TPSA) is 106 Å². The molecule has 0 aliphatic heterocycles. The molecule has 195 valence electrons. The molecule has 0 spiro atoms. The normalized spacial score (nSPS) is 13.9. The van der Waals surface area contributed by atoms with Gasteiger partial charge in [-0.05, 0) is 47.7 Å². The quantitative estimate of drug-likeness (QED) is 0.384. The zero-order chi connectivity index (χ0) is 27.1. The van der Waals surface area contributed by atoms with Gasteiger partial charge in [0.25, 0.3) is 0 Å². The van der Waals surface area contributed by atoms with Gasteiger partial charge in [-0.25, -0.2) is 4.79 Å². The number of nitrogens with zero attached hydrogens (tertiary/aromatic N) is 5. The molecule has 10 heteroatoms. The number of hydrogen-bond acceptors (Lipinski definition) is 7. The van der Waals surface area contributed by atoms with E-state index in [4.69, 9.17) is 16.3 Å². The van der Waals surface area contributed by atoms with E-state index in [-0.39, 0.29) is 30.1 Å². The van der Waals surface area contributed by atoms with E-state index in [1.165, 1.54) is 0 Å². The molecular weight excluding hydrogens is 506 g/mol. The molecule has 0 saturated carbocycles. The summed E-state index contributed by atoms with van der Waals surface area (Å²) in [5.41, 5.74) is 1.69. The standard InChI is InChI=1S/C28H27ClN5O4/c1-34(2,28(37)38-22-16-10-5-11-17-22)27-31-25(29)30-26(32-27)33(19-21-14-8-4-9-15-21)23(24(35)36)18-20-12-6-3-7-13-20/h3-10,12-17,23H,11,18-19H2,1-2H3/p+1. The van der Waals surface area contributed by atoms with Gasteiger partial charge >= 0.3 is 18.0 Å². The molecule has 1 radical (unpaired) electrons. The number of rotatable bonds is 9. The lowest BCUT2D eigenvalue weighted by Gasteiger charge is -2.30. The van der Waals surface area contributed by atoms with Crippen LogP contribution in [0.15, 0.2) is 84.7 Å². The number of carbonyl (C=O) groups excluding carboxylic acids is 1. The number of amides is 1. The molecule has 1 unspecified atom stereocenters. The molecule has 0 fully saturated rings. The number of hydrogen-bond donors (Lipinski definition) is 1. The highest BCUT2D eigenvalue weighted by Gasteiger charge is 2.38. The van der Waals surface area contributed by atoms with Crippen LogP contribution < -0.4 is 9.38 Å². The molecule has 0 bridgehead atoms. The molecule has 0 saturated heterocycles. The zero-order valence-corrected chi connectivity index (χ0v) is 21.8. The van der Waals surface area contributed by atoms with Crippen molar-refractivity contribution in [2.45, 2.75) is 25.4 Å². The molecule has 4 rings (SSSR count). The number of halogens is 1. The van der Waals surface area contributed by atoms with Crippen molar-refractivity contribution < 1.29 is 19.4 Å². The SMILES string of the molecule is C[N+](C)(C(=O)OC1=CC[CH]C=C1)c1nc(Cl)nc(N(Cc2ccccc2)C(Cc2ccccc2)C(=O)O)n1. The van der Waals surface area contributed by atoms with E-state index in [0.29, 0.717) is 12.2 Å². The van der Waals surface area contributed by atoms with Crippen LogP contribution in [-0.4, -0.2) is 52.3 Å². The molecule has 1 N–H and O–H groups in total. The minimum absolute atomic E-state index is 0.0128. The minimum Gasteiger partial charge on any atom is -0.480 e. The number of ether oxygens (including phenoxy) is 1. The molecule has 2 aromatic carbocycles. The maximum Gasteiger partial charge on any atom is 0.528 e. The van der Waals surface area contributed by atoms with Crippen LogP contribution in [0.3, 0.4) is 0 Å². The van der Waals surface area contributed by atoms with Crippen molar-refractivity contribution in [1.29, 1.82) is 0 Å². The Morgan fingerprint density at radius 2 is 1.68 bits per heavy atom. The fourth-order valence-electron chi connectivity index (χ4n) is 3.84. The van der Waals surface area contributed by atoms with E-state index in [0.717, 1.165) is 11.1 Å². The summed E-state index contributed by atoms with van der Waals surface area (Å²) in [6, 6.07) is 17.7. The molecule has 1 aliphatic rings. The largest absolute Gasteiger partial charge is 0.528 e. The summed E-state index contributed by atoms with van der Waals surface area (Å²) in [5, 5.41) is 10.1. The number of aromatic nitrogens is 3. The lowest BCUT2D eigenvalue weighted by molar-refractivity contribution is -0.138. The predicted molar refractivity (Wildman–Crippen MR) is 145 cm³/mol. The summed E-state index contributed by atoms with van der Waals surface area (Å²) in [6.45, 7) is 0.191. The van der Waals surface area contributed by atoms with Gasteiger partial charge in [-0.3, -0.25) is 0 Å². The third kappa shape index (κ3) is 6.62. The first-order valence-corrected chi connectivity index (χ1v) is 12.4. The Morgan fingerprint density at radius 3 is 2.29 bits per heavy atom. The lowest BCUT2D eigenvalue weighted by atomic mass is 10.0. The highest BCUT2D eigenvalue weighted by Crippen LogP contribution is 2.26. The third-order valence-corrected chi connectivity index (χ3v) is 6.15. The van der Waals surface area contributed by atoms with Gasteiger partial charge < -0.3 is 14.7 Å². The van der Waals surface area contributed by atoms with Gasteiger partial charge in [-0.2, -0.15) is 14.3 Å². The van der Waals surface area contributed by atoms with E-state index < -0.39 is 22.6 Å². The number of carbonyl (C=O) groups is 2. The number of aliphatic carboxylic acids is 1. The molecule has 1 heterocycles. The first-order valence-electron chi connectivity index (χ1n) is 12.0. The highest BCUT2D eigenvalue weighted by molar-refractivity contribution is 6.28. The Hall–Kier alpha value is -4.08. The summed E-state index contributed by atoms with van der Waals surface area (Å²) in [7, 11) is 3.13. The van der Waals surface area contributed by atoms with Crippen molar-refractivity contribution in [2.75, 3.05) is 19.0 Å². The summed E-state index contributed by atoms with van der Waals surface area (Å²) in [5.74, 6) is -0.580. The minimum atomic E-state index is -1.05. The Morgan fingerprint density at radius 1 is 1.03 bits per heavy atom. The second kappa shape index (κ2) is 12.0. The zero-order valence-electron chi connectivity index (χ0n) is 21.1. The van der Waals surface area contributed by atoms with Crippen molar-refractivity contribution in [3.05, 3.63) is 107 Å². The number of quaternary nitrogens is 1. The average Bonchev–Trinajstić information content (AvgIpc) is 2.92. The molecule has 1 aromatic heterocycles. The van der Waals surface area contributed by atoms with Crippen LogP contribution in [0.4, 0.5) is 16.7 Å². The third-order valence-electron chi connectivity index (χ3n) is 5.98. The van der Waals surface area contributed by atoms with Crippen LogP contribution in [0.1, 0.15) is 17.5 Å². The van der Waals surface area contributed by atoms with E-state index >= 15 is 0 Å². The van der Waals surface area contributed by atoms with Gasteiger partial charge in [0.1, 0.15) is 11.8 Å². The fraction of sp³-hybridized carbons (Fsp3) is 0.214. The van der Waals surface area contributed by atoms with Crippen LogP contribution in [0.25, 0.3) is 0 Å². The Bertz CT molecular complexity index is 1350. The summed E-state index contributed by atoms with van der Waals surface area (Å²) >= 11 is 6.32. The van der Waals surface area contributed by atoms with Gasteiger partial charge in [-0.1, -0.05) is 66.7 Å². The van der Waals surface area contributed by atoms with Gasteiger partial charge in [-0.15, -0.1) is 9.97 Å². The molecule has 1 aliphatic carbocycles. The van der Waals surface area contributed by atoms with E-state index in [1.807, 2.05) is 67.1 Å². The van der Waals surface area contributed by atoms with Crippen LogP contribution in [0.5, 0.6) is 0 Å². The number of carboxylic acids is 1. The molecule has 38 heavy (non-hydrogen) atoms. The maximum atomic E-state index is 13.1. The summed E-state index contributed by atoms with van der Waals surface area (Å²) in [4.78, 5) is 40.3. The highest BCUT2D eigenvalue weighted by atomic mass is 35.5. The van der Waals surface area contributed by atoms with Gasteiger partial charge in [0.15, 0.2) is 0 Å². The van der Waals surface area contributed by atoms with E-state index in [1.54, 1.807) is 37.2 Å². The predicted octanol–water partition coefficient (Wildman–Crippen LogP) is 4.98. The molecule has 9 nitrogen and oxygen atoms in total. The van der Waals surface area contributed by atoms with Crippen LogP contribution >= 0.6 is 11.6 Å². The second-order valence-electron chi connectivity index (χ2n) is 9.12. The van der Waals surface area contributed by atoms with Gasteiger partial charge in [0, 0.05) is 13.0 Å². The molecule has 1 amide bonds. The summed E-state index contributed by atoms with van der Waals surface area (Å²) < 4.78 is 5.05. The van der Waals surface area contributed by atoms with Crippen molar-refractivity contribution in [1.82, 2.24) is 19.4 Å². The Labute approximate surface area is 226 Å². The average molecular weight is 534 g/mol. The maximum absolute atomic E-state index is 13.1. The second-order valence-corrected chi connectivity index (χ2v) is 9.46. The molecule has 1 atom stereocenters. The van der Waals surface area contributed by atoms with Crippen LogP contribution in [0.2, 0.25) is 5.28 Å². The van der Waals surface area contributed by atoms with E-state index in [9.17, 15) is 14.7 Å². The van der Waals surface area contributed by atoms with Gasteiger partial charge in [0.05, 0.1) is 14.1 Å². The number of anilines is 1. The van der Waals surface area contributed by atoms with Crippen molar-refractivity contribution >= 4 is 35.6 Å². The smallest absolute Gasteiger partial charge is 0.480 e. The number of carboxylic acid groups (broad SMARTS) is 1. The fourth-order valence-corrected chi connectivity index (χ4v) is 3.99. The lowest BCUT2D eigenvalue weighted by Crippen LogP contribution is -2.49. The Kier molecular flexibility index (Phi) is 8.50. The molecular formula is C28H28ClN5O4+. The van der Waals surface area contributed by atoms with Crippen LogP contribution in [0, 0.1) is 6.42 Å². The number of benzene rings is 2. The van der Waals surface area contributed by atoms with Crippen molar-refractivity contribution in [3.63, 3.8) is 0 Å². The van der Waals surface area contributed by atoms with Gasteiger partial charge in [0.2, 0.25) is 11.2 Å². The van der Waals surface area contributed by atoms with Crippen molar-refractivity contribution in [3.8, 4) is 0 Å². The van der Waals surface area contributed by atoms with Crippen molar-refractivity contribution in [2.24, 2.45) is 0 Å². The Balaban J connectivity index is 1.72. The number of allylic oxidation sites excluding steroid dienone is 3. The van der Waals surface area contributed by atoms with Crippen LogP contribution in [-0.2, 0) is 22.5 Å². The molecule has 3 aromatic rings. The summed E-state index contributed by atoms with van der Waals surface area (Å²) in [6.07, 6.45) is 7.43. The monoisotopic (exact) mass is 533 g/mol. The first kappa shape index (κ1) is 27.0.